The second-order valence-corrected chi connectivity index (χ2v) is 5.71. The number of aromatic nitrogens is 1. The zero-order chi connectivity index (χ0) is 14.3. The van der Waals surface area contributed by atoms with Gasteiger partial charge in [0.05, 0.1) is 6.54 Å². The molecule has 3 nitrogen and oxygen atoms in total. The van der Waals surface area contributed by atoms with Gasteiger partial charge in [0.1, 0.15) is 6.29 Å². The number of allylic oxidation sites excluding steroid dienone is 1. The van der Waals surface area contributed by atoms with E-state index in [2.05, 4.69) is 30.1 Å². The van der Waals surface area contributed by atoms with Crippen molar-refractivity contribution >= 4 is 22.8 Å². The first-order valence-corrected chi connectivity index (χ1v) is 7.03. The van der Waals surface area contributed by atoms with Crippen LogP contribution in [0.3, 0.4) is 0 Å². The highest BCUT2D eigenvalue weighted by atomic mass is 16.1. The summed E-state index contributed by atoms with van der Waals surface area (Å²) in [5.41, 5.74) is 4.76. The molecule has 0 amide bonds. The molecule has 104 valence electrons. The van der Waals surface area contributed by atoms with Crippen LogP contribution in [0.25, 0.3) is 16.5 Å². The molecular weight excluding hydrogens is 248 g/mol. The third kappa shape index (κ3) is 1.90. The molecule has 0 atom stereocenters. The highest BCUT2D eigenvalue weighted by Gasteiger charge is 2.42. The number of hydrogen-bond donors (Lipinski definition) is 1. The van der Waals surface area contributed by atoms with Crippen molar-refractivity contribution in [1.82, 2.24) is 9.88 Å². The molecule has 1 heterocycles. The first-order chi connectivity index (χ1) is 9.61. The Labute approximate surface area is 119 Å². The number of fused-ring (bicyclic) bond motifs is 1. The van der Waals surface area contributed by atoms with Gasteiger partial charge in [-0.3, -0.25) is 0 Å². The van der Waals surface area contributed by atoms with E-state index in [4.69, 9.17) is 0 Å². The fourth-order valence-corrected chi connectivity index (χ4v) is 2.97. The summed E-state index contributed by atoms with van der Waals surface area (Å²) in [5.74, 6) is 0. The van der Waals surface area contributed by atoms with Crippen LogP contribution < -0.4 is 5.32 Å². The lowest BCUT2D eigenvalue weighted by Crippen LogP contribution is -2.24. The molecule has 0 radical (unpaired) electrons. The molecule has 1 aromatic carbocycles. The molecule has 3 heteroatoms. The van der Waals surface area contributed by atoms with E-state index >= 15 is 0 Å². The highest BCUT2D eigenvalue weighted by Crippen LogP contribution is 2.46. The minimum Gasteiger partial charge on any atom is -0.340 e. The summed E-state index contributed by atoms with van der Waals surface area (Å²) in [6, 6.07) is 6.55. The van der Waals surface area contributed by atoms with E-state index in [-0.39, 0.29) is 5.54 Å². The van der Waals surface area contributed by atoms with Crippen LogP contribution in [0.15, 0.2) is 31.0 Å². The van der Waals surface area contributed by atoms with Gasteiger partial charge in [0, 0.05) is 28.2 Å². The van der Waals surface area contributed by atoms with Crippen molar-refractivity contribution in [1.29, 1.82) is 0 Å². The Kier molecular flexibility index (Phi) is 3.02. The number of benzene rings is 1. The van der Waals surface area contributed by atoms with Crippen LogP contribution in [0.5, 0.6) is 0 Å². The summed E-state index contributed by atoms with van der Waals surface area (Å²) in [7, 11) is 2.02. The molecule has 1 aromatic heterocycles. The average Bonchev–Trinajstić information content (AvgIpc) is 3.16. The van der Waals surface area contributed by atoms with Crippen LogP contribution in [0.2, 0.25) is 0 Å². The fourth-order valence-electron chi connectivity index (χ4n) is 2.97. The van der Waals surface area contributed by atoms with Crippen molar-refractivity contribution < 1.29 is 4.79 Å². The monoisotopic (exact) mass is 268 g/mol. The van der Waals surface area contributed by atoms with Crippen molar-refractivity contribution in [3.05, 3.63) is 42.1 Å². The van der Waals surface area contributed by atoms with Crippen molar-refractivity contribution in [2.45, 2.75) is 31.8 Å². The molecule has 2 aromatic rings. The number of rotatable bonds is 5. The van der Waals surface area contributed by atoms with Crippen molar-refractivity contribution in [3.8, 4) is 0 Å². The van der Waals surface area contributed by atoms with Gasteiger partial charge in [0.25, 0.3) is 0 Å². The third-order valence-corrected chi connectivity index (χ3v) is 4.39. The Bertz CT molecular complexity index is 692. The largest absolute Gasteiger partial charge is 0.340 e. The van der Waals surface area contributed by atoms with Gasteiger partial charge in [-0.2, -0.15) is 0 Å². The number of hydrogen-bond acceptors (Lipinski definition) is 2. The van der Waals surface area contributed by atoms with Crippen LogP contribution in [0.4, 0.5) is 0 Å². The Morgan fingerprint density at radius 2 is 2.25 bits per heavy atom. The molecule has 1 saturated carbocycles. The quantitative estimate of drug-likeness (QED) is 0.846. The molecule has 1 N–H and O–H groups in total. The molecule has 1 fully saturated rings. The molecular formula is C17H20N2O. The SMILES string of the molecule is C=C(C)c1cn(CC=O)c2ccc(C3(NC)CC3)cc12. The van der Waals surface area contributed by atoms with Gasteiger partial charge in [-0.15, -0.1) is 0 Å². The van der Waals surface area contributed by atoms with Crippen molar-refractivity contribution in [2.24, 2.45) is 0 Å². The smallest absolute Gasteiger partial charge is 0.139 e. The molecule has 20 heavy (non-hydrogen) atoms. The maximum absolute atomic E-state index is 10.8. The number of nitrogens with zero attached hydrogens (tertiary/aromatic N) is 1. The molecule has 1 aliphatic rings. The van der Waals surface area contributed by atoms with Gasteiger partial charge in [0.15, 0.2) is 0 Å². The lowest BCUT2D eigenvalue weighted by Gasteiger charge is -2.15. The summed E-state index contributed by atoms with van der Waals surface area (Å²) in [4.78, 5) is 10.8. The van der Waals surface area contributed by atoms with E-state index in [1.54, 1.807) is 0 Å². The van der Waals surface area contributed by atoms with E-state index in [0.717, 1.165) is 22.9 Å². The van der Waals surface area contributed by atoms with Gasteiger partial charge >= 0.3 is 0 Å². The molecule has 0 spiro atoms. The standard InChI is InChI=1S/C17H20N2O/c1-12(2)15-11-19(8-9-20)16-5-4-13(10-14(15)16)17(18-3)6-7-17/h4-5,9-11,18H,1,6-8H2,2-3H3. The Hall–Kier alpha value is -1.87. The molecule has 0 bridgehead atoms. The molecule has 0 saturated heterocycles. The Morgan fingerprint density at radius 3 is 2.80 bits per heavy atom. The topological polar surface area (TPSA) is 34.0 Å². The molecule has 0 aliphatic heterocycles. The van der Waals surface area contributed by atoms with Gasteiger partial charge in [-0.1, -0.05) is 12.6 Å². The van der Waals surface area contributed by atoms with E-state index in [9.17, 15) is 4.79 Å². The first kappa shape index (κ1) is 13.1. The lowest BCUT2D eigenvalue weighted by molar-refractivity contribution is -0.108. The molecule has 3 rings (SSSR count). The van der Waals surface area contributed by atoms with Crippen LogP contribution in [-0.2, 0) is 16.9 Å². The Morgan fingerprint density at radius 1 is 1.50 bits per heavy atom. The predicted octanol–water partition coefficient (Wildman–Crippen LogP) is 3.08. The van der Waals surface area contributed by atoms with Gasteiger partial charge < -0.3 is 14.7 Å². The lowest BCUT2D eigenvalue weighted by atomic mass is 10.00. The van der Waals surface area contributed by atoms with Crippen LogP contribution in [0.1, 0.15) is 30.9 Å². The summed E-state index contributed by atoms with van der Waals surface area (Å²) in [6.45, 7) is 6.46. The van der Waals surface area contributed by atoms with Crippen molar-refractivity contribution in [3.63, 3.8) is 0 Å². The summed E-state index contributed by atoms with van der Waals surface area (Å²) >= 11 is 0. The fraction of sp³-hybridized carbons (Fsp3) is 0.353. The van der Waals surface area contributed by atoms with Gasteiger partial charge in [0.2, 0.25) is 0 Å². The second kappa shape index (κ2) is 4.60. The van der Waals surface area contributed by atoms with Crippen LogP contribution in [-0.4, -0.2) is 17.9 Å². The summed E-state index contributed by atoms with van der Waals surface area (Å²) in [6.07, 6.45) is 5.34. The maximum Gasteiger partial charge on any atom is 0.139 e. The minimum absolute atomic E-state index is 0.160. The van der Waals surface area contributed by atoms with E-state index in [0.29, 0.717) is 6.54 Å². The summed E-state index contributed by atoms with van der Waals surface area (Å²) in [5, 5.41) is 4.62. The number of aldehydes is 1. The average molecular weight is 268 g/mol. The third-order valence-electron chi connectivity index (χ3n) is 4.39. The number of nitrogens with one attached hydrogen (secondary N) is 1. The van der Waals surface area contributed by atoms with Crippen LogP contribution in [0, 0.1) is 0 Å². The zero-order valence-corrected chi connectivity index (χ0v) is 12.1. The van der Waals surface area contributed by atoms with Crippen molar-refractivity contribution in [2.75, 3.05) is 7.05 Å². The number of carbonyl (C=O) groups excluding carboxylic acids is 1. The van der Waals surface area contributed by atoms with Gasteiger partial charge in [-0.05, 0) is 50.1 Å². The predicted molar refractivity (Wildman–Crippen MR) is 82.7 cm³/mol. The molecule has 1 aliphatic carbocycles. The first-order valence-electron chi connectivity index (χ1n) is 7.03. The number of carbonyl (C=O) groups is 1. The maximum atomic E-state index is 10.8. The van der Waals surface area contributed by atoms with Gasteiger partial charge in [-0.25, -0.2) is 0 Å². The van der Waals surface area contributed by atoms with E-state index in [1.807, 2.05) is 24.7 Å². The van der Waals surface area contributed by atoms with E-state index in [1.165, 1.54) is 23.8 Å². The second-order valence-electron chi connectivity index (χ2n) is 5.71. The summed E-state index contributed by atoms with van der Waals surface area (Å²) < 4.78 is 2.00. The highest BCUT2D eigenvalue weighted by molar-refractivity contribution is 5.93. The zero-order valence-electron chi connectivity index (χ0n) is 12.1. The van der Waals surface area contributed by atoms with E-state index < -0.39 is 0 Å². The normalized spacial score (nSPS) is 16.3. The Balaban J connectivity index is 2.19. The minimum atomic E-state index is 0.160. The molecule has 0 unspecified atom stereocenters. The van der Waals surface area contributed by atoms with Crippen LogP contribution >= 0.6 is 0 Å².